The van der Waals surface area contributed by atoms with Crippen molar-refractivity contribution in [1.82, 2.24) is 0 Å². The monoisotopic (exact) mass is 431 g/mol. The van der Waals surface area contributed by atoms with Crippen molar-refractivity contribution in [3.63, 3.8) is 0 Å². The summed E-state index contributed by atoms with van der Waals surface area (Å²) in [4.78, 5) is 0. The van der Waals surface area contributed by atoms with Crippen LogP contribution in [0, 0.1) is 0 Å². The molecule has 3 aromatic carbocycles. The first-order valence-corrected chi connectivity index (χ1v) is 9.97. The highest BCUT2D eigenvalue weighted by atomic mass is 79.9. The molecule has 1 atom stereocenters. The number of ether oxygens (including phenoxy) is 1. The van der Waals surface area contributed by atoms with Crippen LogP contribution >= 0.6 is 15.9 Å². The largest absolute Gasteiger partial charge is 0.450 e. The summed E-state index contributed by atoms with van der Waals surface area (Å²) >= 11 is 3.40. The lowest BCUT2D eigenvalue weighted by Gasteiger charge is -2.43. The molecule has 0 bridgehead atoms. The summed E-state index contributed by atoms with van der Waals surface area (Å²) in [5.41, 5.74) is 3.50. The Labute approximate surface area is 172 Å². The molecule has 2 heterocycles. The van der Waals surface area contributed by atoms with Crippen molar-refractivity contribution in [3.8, 4) is 0 Å². The highest BCUT2D eigenvalue weighted by molar-refractivity contribution is 9.10. The molecule has 1 aliphatic rings. The van der Waals surface area contributed by atoms with Crippen LogP contribution in [-0.2, 0) is 10.3 Å². The van der Waals surface area contributed by atoms with Gasteiger partial charge in [-0.05, 0) is 45.3 Å². The van der Waals surface area contributed by atoms with E-state index in [4.69, 9.17) is 9.15 Å². The van der Waals surface area contributed by atoms with Gasteiger partial charge in [0, 0.05) is 11.3 Å². The molecular formula is C24H18BrNO2. The molecule has 1 aromatic heterocycles. The Balaban J connectivity index is 1.78. The van der Waals surface area contributed by atoms with E-state index in [-0.39, 0.29) is 0 Å². The maximum Gasteiger partial charge on any atom is 0.188 e. The summed E-state index contributed by atoms with van der Waals surface area (Å²) in [6.45, 7) is 0. The third-order valence-corrected chi connectivity index (χ3v) is 5.53. The van der Waals surface area contributed by atoms with Gasteiger partial charge in [0.05, 0.1) is 0 Å². The first-order chi connectivity index (χ1) is 13.8. The second-order valence-corrected chi connectivity index (χ2v) is 7.52. The SMILES string of the molecule is Brc1ccc([C@H]2Nc3ccccc3C(c3ccccc3)(c3ccccc3)O2)o1. The van der Waals surface area contributed by atoms with Gasteiger partial charge in [0.15, 0.2) is 16.7 Å². The molecule has 28 heavy (non-hydrogen) atoms. The topological polar surface area (TPSA) is 34.4 Å². The lowest BCUT2D eigenvalue weighted by Crippen LogP contribution is -2.40. The van der Waals surface area contributed by atoms with Crippen LogP contribution in [0.25, 0.3) is 0 Å². The zero-order valence-electron chi connectivity index (χ0n) is 15.0. The number of furan rings is 1. The van der Waals surface area contributed by atoms with Crippen LogP contribution in [0.15, 0.2) is 106 Å². The molecule has 0 spiro atoms. The van der Waals surface area contributed by atoms with Gasteiger partial charge in [0.25, 0.3) is 0 Å². The number of para-hydroxylation sites is 1. The summed E-state index contributed by atoms with van der Waals surface area (Å²) < 4.78 is 13.4. The molecule has 0 saturated heterocycles. The zero-order valence-corrected chi connectivity index (χ0v) is 16.6. The molecule has 4 aromatic rings. The van der Waals surface area contributed by atoms with Gasteiger partial charge in [-0.2, -0.15) is 0 Å². The van der Waals surface area contributed by atoms with Crippen molar-refractivity contribution in [2.24, 2.45) is 0 Å². The molecule has 138 valence electrons. The molecule has 0 fully saturated rings. The van der Waals surface area contributed by atoms with Crippen molar-refractivity contribution in [2.45, 2.75) is 11.8 Å². The average molecular weight is 432 g/mol. The number of nitrogens with one attached hydrogen (secondary N) is 1. The van der Waals surface area contributed by atoms with Crippen LogP contribution in [0.3, 0.4) is 0 Å². The van der Waals surface area contributed by atoms with Crippen molar-refractivity contribution in [3.05, 3.63) is 124 Å². The predicted octanol–water partition coefficient (Wildman–Crippen LogP) is 6.47. The number of anilines is 1. The van der Waals surface area contributed by atoms with Gasteiger partial charge in [-0.1, -0.05) is 78.9 Å². The fourth-order valence-electron chi connectivity index (χ4n) is 3.88. The zero-order chi connectivity index (χ0) is 19.0. The Kier molecular flexibility index (Phi) is 4.30. The predicted molar refractivity (Wildman–Crippen MR) is 113 cm³/mol. The maximum absolute atomic E-state index is 6.85. The van der Waals surface area contributed by atoms with E-state index in [1.807, 2.05) is 60.7 Å². The van der Waals surface area contributed by atoms with Crippen LogP contribution < -0.4 is 5.32 Å². The number of hydrogen-bond acceptors (Lipinski definition) is 3. The smallest absolute Gasteiger partial charge is 0.188 e. The maximum atomic E-state index is 6.85. The van der Waals surface area contributed by atoms with E-state index in [1.54, 1.807) is 0 Å². The molecule has 0 unspecified atom stereocenters. The van der Waals surface area contributed by atoms with Crippen LogP contribution in [0.1, 0.15) is 28.7 Å². The molecule has 3 nitrogen and oxygen atoms in total. The Morgan fingerprint density at radius 3 is 1.93 bits per heavy atom. The Hall–Kier alpha value is -2.82. The van der Waals surface area contributed by atoms with E-state index >= 15 is 0 Å². The minimum absolute atomic E-state index is 0.429. The van der Waals surface area contributed by atoms with Crippen LogP contribution in [0.2, 0.25) is 0 Å². The fourth-order valence-corrected chi connectivity index (χ4v) is 4.20. The molecule has 0 aliphatic carbocycles. The van der Waals surface area contributed by atoms with Gasteiger partial charge < -0.3 is 14.5 Å². The molecule has 4 heteroatoms. The third-order valence-electron chi connectivity index (χ3n) is 5.10. The molecule has 0 saturated carbocycles. The Bertz CT molecular complexity index is 1050. The van der Waals surface area contributed by atoms with Gasteiger partial charge >= 0.3 is 0 Å². The molecule has 1 N–H and O–H groups in total. The Morgan fingerprint density at radius 2 is 1.32 bits per heavy atom. The molecular weight excluding hydrogens is 414 g/mol. The standard InChI is InChI=1S/C24H18BrNO2/c25-22-16-15-21(27-22)23-26-20-14-8-7-13-19(20)24(28-23,17-9-3-1-4-10-17)18-11-5-2-6-12-18/h1-16,23,26H/t23-/m0/s1. The van der Waals surface area contributed by atoms with Gasteiger partial charge in [0.2, 0.25) is 0 Å². The summed E-state index contributed by atoms with van der Waals surface area (Å²) in [5, 5.41) is 3.48. The highest BCUT2D eigenvalue weighted by Crippen LogP contribution is 2.50. The van der Waals surface area contributed by atoms with Gasteiger partial charge in [-0.3, -0.25) is 0 Å². The second-order valence-electron chi connectivity index (χ2n) is 6.74. The first kappa shape index (κ1) is 17.3. The van der Waals surface area contributed by atoms with E-state index in [0.717, 1.165) is 28.1 Å². The quantitative estimate of drug-likeness (QED) is 0.403. The lowest BCUT2D eigenvalue weighted by atomic mass is 9.78. The van der Waals surface area contributed by atoms with E-state index in [0.29, 0.717) is 4.67 Å². The van der Waals surface area contributed by atoms with Crippen LogP contribution in [-0.4, -0.2) is 0 Å². The second kappa shape index (κ2) is 6.97. The van der Waals surface area contributed by atoms with E-state index in [1.165, 1.54) is 0 Å². The van der Waals surface area contributed by atoms with Crippen molar-refractivity contribution < 1.29 is 9.15 Å². The number of halogens is 1. The summed E-state index contributed by atoms with van der Waals surface area (Å²) in [5.74, 6) is 0.720. The van der Waals surface area contributed by atoms with Gasteiger partial charge in [-0.15, -0.1) is 0 Å². The molecule has 0 amide bonds. The van der Waals surface area contributed by atoms with Gasteiger partial charge in [0.1, 0.15) is 5.60 Å². The fraction of sp³-hybridized carbons (Fsp3) is 0.0833. The highest BCUT2D eigenvalue weighted by Gasteiger charge is 2.45. The summed E-state index contributed by atoms with van der Waals surface area (Å²) in [6, 6.07) is 32.8. The number of benzene rings is 3. The van der Waals surface area contributed by atoms with Crippen molar-refractivity contribution in [1.29, 1.82) is 0 Å². The average Bonchev–Trinajstić information content (AvgIpc) is 3.20. The normalized spacial score (nSPS) is 17.5. The Morgan fingerprint density at radius 1 is 0.714 bits per heavy atom. The van der Waals surface area contributed by atoms with E-state index in [9.17, 15) is 0 Å². The lowest BCUT2D eigenvalue weighted by molar-refractivity contribution is -0.0523. The minimum atomic E-state index is -0.756. The number of hydrogen-bond donors (Lipinski definition) is 1. The minimum Gasteiger partial charge on any atom is -0.450 e. The molecule has 0 radical (unpaired) electrons. The molecule has 5 rings (SSSR count). The van der Waals surface area contributed by atoms with E-state index < -0.39 is 11.8 Å². The van der Waals surface area contributed by atoms with Crippen molar-refractivity contribution >= 4 is 21.6 Å². The van der Waals surface area contributed by atoms with Crippen LogP contribution in [0.5, 0.6) is 0 Å². The van der Waals surface area contributed by atoms with E-state index in [2.05, 4.69) is 57.6 Å². The summed E-state index contributed by atoms with van der Waals surface area (Å²) in [6.07, 6.45) is -0.429. The number of fused-ring (bicyclic) bond motifs is 1. The third kappa shape index (κ3) is 2.77. The van der Waals surface area contributed by atoms with Crippen LogP contribution in [0.4, 0.5) is 5.69 Å². The number of rotatable bonds is 3. The molecule has 1 aliphatic heterocycles. The van der Waals surface area contributed by atoms with Gasteiger partial charge in [-0.25, -0.2) is 0 Å². The summed E-state index contributed by atoms with van der Waals surface area (Å²) in [7, 11) is 0. The van der Waals surface area contributed by atoms with Crippen molar-refractivity contribution in [2.75, 3.05) is 5.32 Å². The first-order valence-electron chi connectivity index (χ1n) is 9.17.